The molecule has 0 fully saturated rings. The molecule has 0 aromatic heterocycles. The van der Waals surface area contributed by atoms with E-state index in [1.165, 1.54) is 11.9 Å². The van der Waals surface area contributed by atoms with Gasteiger partial charge in [-0.25, -0.2) is 0 Å². The molecule has 0 radical (unpaired) electrons. The lowest BCUT2D eigenvalue weighted by Crippen LogP contribution is -2.31. The van der Waals surface area contributed by atoms with Gasteiger partial charge in [0.15, 0.2) is 0 Å². The van der Waals surface area contributed by atoms with Crippen molar-refractivity contribution in [2.24, 2.45) is 0 Å². The van der Waals surface area contributed by atoms with Gasteiger partial charge in [-0.05, 0) is 30.8 Å². The second kappa shape index (κ2) is 5.60. The van der Waals surface area contributed by atoms with E-state index in [0.29, 0.717) is 17.3 Å². The molecule has 0 amide bonds. The third-order valence-corrected chi connectivity index (χ3v) is 2.47. The summed E-state index contributed by atoms with van der Waals surface area (Å²) in [5.74, 6) is 0. The fourth-order valence-electron chi connectivity index (χ4n) is 1.61. The third kappa shape index (κ3) is 4.44. The topological polar surface area (TPSA) is 15.3 Å². The van der Waals surface area contributed by atoms with Crippen LogP contribution in [0.3, 0.4) is 0 Å². The van der Waals surface area contributed by atoms with Crippen LogP contribution in [-0.2, 0) is 6.54 Å². The summed E-state index contributed by atoms with van der Waals surface area (Å²) in [7, 11) is 3.14. The molecule has 0 bridgehead atoms. The van der Waals surface area contributed by atoms with Crippen molar-refractivity contribution in [1.29, 1.82) is 0 Å². The molecule has 2 nitrogen and oxygen atoms in total. The van der Waals surface area contributed by atoms with Crippen molar-refractivity contribution in [1.82, 2.24) is 5.32 Å². The van der Waals surface area contributed by atoms with Crippen LogP contribution in [-0.4, -0.2) is 26.8 Å². The summed E-state index contributed by atoms with van der Waals surface area (Å²) < 4.78 is 36.9. The Morgan fingerprint density at radius 2 is 2.00 bits per heavy atom. The van der Waals surface area contributed by atoms with E-state index in [-0.39, 0.29) is 0 Å². The van der Waals surface area contributed by atoms with Gasteiger partial charge >= 0.3 is 6.18 Å². The molecule has 0 spiro atoms. The lowest BCUT2D eigenvalue weighted by molar-refractivity contribution is -0.119. The zero-order valence-electron chi connectivity index (χ0n) is 9.61. The minimum atomic E-state index is -4.22. The average Bonchev–Trinajstić information content (AvgIpc) is 2.15. The van der Waals surface area contributed by atoms with Gasteiger partial charge in [0.1, 0.15) is 6.54 Å². The van der Waals surface area contributed by atoms with Crippen LogP contribution in [0.15, 0.2) is 18.2 Å². The number of alkyl halides is 3. The molecule has 6 heteroatoms. The smallest absolute Gasteiger partial charge is 0.365 e. The fourth-order valence-corrected chi connectivity index (χ4v) is 1.81. The van der Waals surface area contributed by atoms with Gasteiger partial charge < -0.3 is 10.2 Å². The Morgan fingerprint density at radius 3 is 2.53 bits per heavy atom. The van der Waals surface area contributed by atoms with E-state index in [4.69, 9.17) is 11.6 Å². The van der Waals surface area contributed by atoms with Gasteiger partial charge in [0.25, 0.3) is 0 Å². The van der Waals surface area contributed by atoms with Crippen LogP contribution < -0.4 is 10.2 Å². The van der Waals surface area contributed by atoms with Crippen LogP contribution in [0.25, 0.3) is 0 Å². The number of nitrogens with zero attached hydrogens (tertiary/aromatic N) is 1. The highest BCUT2D eigenvalue weighted by Gasteiger charge is 2.29. The first kappa shape index (κ1) is 14.1. The summed E-state index contributed by atoms with van der Waals surface area (Å²) in [6.07, 6.45) is -4.22. The maximum atomic E-state index is 12.3. The van der Waals surface area contributed by atoms with Crippen molar-refractivity contribution in [3.63, 3.8) is 0 Å². The second-order valence-electron chi connectivity index (χ2n) is 3.77. The summed E-state index contributed by atoms with van der Waals surface area (Å²) in [5.41, 5.74) is 1.27. The summed E-state index contributed by atoms with van der Waals surface area (Å²) >= 11 is 5.82. The van der Waals surface area contributed by atoms with E-state index in [1.807, 2.05) is 0 Å². The standard InChI is InChI=1S/C11H14ClF3N2/c1-16-6-8-5-9(12)3-4-10(8)17(2)7-11(13,14)15/h3-5,16H,6-7H2,1-2H3. The highest BCUT2D eigenvalue weighted by Crippen LogP contribution is 2.26. The molecule has 0 atom stereocenters. The van der Waals surface area contributed by atoms with Gasteiger partial charge in [-0.2, -0.15) is 13.2 Å². The largest absolute Gasteiger partial charge is 0.405 e. The number of anilines is 1. The van der Waals surface area contributed by atoms with Gasteiger partial charge in [-0.1, -0.05) is 11.6 Å². The Bertz CT molecular complexity index is 379. The third-order valence-electron chi connectivity index (χ3n) is 2.24. The quantitative estimate of drug-likeness (QED) is 0.901. The van der Waals surface area contributed by atoms with Gasteiger partial charge in [0.05, 0.1) is 0 Å². The van der Waals surface area contributed by atoms with Crippen LogP contribution in [0.2, 0.25) is 5.02 Å². The molecule has 0 saturated heterocycles. The Labute approximate surface area is 103 Å². The van der Waals surface area contributed by atoms with Crippen molar-refractivity contribution < 1.29 is 13.2 Å². The molecule has 1 N–H and O–H groups in total. The van der Waals surface area contributed by atoms with Crippen LogP contribution in [0.4, 0.5) is 18.9 Å². The number of halogens is 4. The first-order valence-corrected chi connectivity index (χ1v) is 5.42. The van der Waals surface area contributed by atoms with Crippen LogP contribution >= 0.6 is 11.6 Å². The van der Waals surface area contributed by atoms with E-state index in [1.54, 1.807) is 25.2 Å². The van der Waals surface area contributed by atoms with E-state index >= 15 is 0 Å². The molecule has 0 aliphatic heterocycles. The molecular weight excluding hydrogens is 253 g/mol. The van der Waals surface area contributed by atoms with Crippen molar-refractivity contribution in [2.75, 3.05) is 25.5 Å². The number of nitrogens with one attached hydrogen (secondary N) is 1. The van der Waals surface area contributed by atoms with Crippen molar-refractivity contribution in [3.05, 3.63) is 28.8 Å². The average molecular weight is 267 g/mol. The molecule has 0 heterocycles. The van der Waals surface area contributed by atoms with E-state index in [9.17, 15) is 13.2 Å². The molecule has 0 aliphatic carbocycles. The molecule has 1 rings (SSSR count). The Kier molecular flexibility index (Phi) is 4.65. The summed E-state index contributed by atoms with van der Waals surface area (Å²) in [4.78, 5) is 1.17. The Hall–Kier alpha value is -0.940. The predicted molar refractivity (Wildman–Crippen MR) is 63.5 cm³/mol. The van der Waals surface area contributed by atoms with Crippen molar-refractivity contribution >= 4 is 17.3 Å². The molecule has 1 aromatic carbocycles. The van der Waals surface area contributed by atoms with Crippen LogP contribution in [0.1, 0.15) is 5.56 Å². The Balaban J connectivity index is 2.95. The Morgan fingerprint density at radius 1 is 1.35 bits per heavy atom. The number of rotatable bonds is 4. The number of hydrogen-bond donors (Lipinski definition) is 1. The highest BCUT2D eigenvalue weighted by atomic mass is 35.5. The first-order chi connectivity index (χ1) is 7.83. The van der Waals surface area contributed by atoms with Crippen LogP contribution in [0, 0.1) is 0 Å². The number of benzene rings is 1. The second-order valence-corrected chi connectivity index (χ2v) is 4.21. The molecule has 0 aliphatic rings. The van der Waals surface area contributed by atoms with E-state index in [0.717, 1.165) is 5.56 Å². The minimum Gasteiger partial charge on any atom is -0.365 e. The van der Waals surface area contributed by atoms with E-state index < -0.39 is 12.7 Å². The zero-order valence-corrected chi connectivity index (χ0v) is 10.4. The van der Waals surface area contributed by atoms with E-state index in [2.05, 4.69) is 5.32 Å². The van der Waals surface area contributed by atoms with Gasteiger partial charge in [0, 0.05) is 24.3 Å². The summed E-state index contributed by atoms with van der Waals surface area (Å²) in [6, 6.07) is 4.85. The minimum absolute atomic E-state index is 0.470. The SMILES string of the molecule is CNCc1cc(Cl)ccc1N(C)CC(F)(F)F. The molecule has 17 heavy (non-hydrogen) atoms. The highest BCUT2D eigenvalue weighted by molar-refractivity contribution is 6.30. The molecule has 96 valence electrons. The molecule has 0 unspecified atom stereocenters. The monoisotopic (exact) mass is 266 g/mol. The summed E-state index contributed by atoms with van der Waals surface area (Å²) in [5, 5.41) is 3.42. The zero-order chi connectivity index (χ0) is 13.1. The van der Waals surface area contributed by atoms with Gasteiger partial charge in [-0.3, -0.25) is 0 Å². The fraction of sp³-hybridized carbons (Fsp3) is 0.455. The lowest BCUT2D eigenvalue weighted by Gasteiger charge is -2.23. The van der Waals surface area contributed by atoms with Gasteiger partial charge in [0.2, 0.25) is 0 Å². The lowest BCUT2D eigenvalue weighted by atomic mass is 10.1. The normalized spacial score (nSPS) is 11.6. The first-order valence-electron chi connectivity index (χ1n) is 5.04. The summed E-state index contributed by atoms with van der Waals surface area (Å²) in [6.45, 7) is -0.510. The molecule has 0 saturated carbocycles. The predicted octanol–water partition coefficient (Wildman–Crippen LogP) is 3.06. The maximum absolute atomic E-state index is 12.3. The number of hydrogen-bond acceptors (Lipinski definition) is 2. The molecule has 1 aromatic rings. The van der Waals surface area contributed by atoms with Crippen LogP contribution in [0.5, 0.6) is 0 Å². The van der Waals surface area contributed by atoms with Crippen molar-refractivity contribution in [2.45, 2.75) is 12.7 Å². The van der Waals surface area contributed by atoms with Crippen molar-refractivity contribution in [3.8, 4) is 0 Å². The van der Waals surface area contributed by atoms with Gasteiger partial charge in [-0.15, -0.1) is 0 Å². The maximum Gasteiger partial charge on any atom is 0.405 e. The molecular formula is C11H14ClF3N2.